The van der Waals surface area contributed by atoms with Crippen molar-refractivity contribution in [1.29, 1.82) is 10.5 Å². The zero-order valence-corrected chi connectivity index (χ0v) is 13.7. The van der Waals surface area contributed by atoms with Gasteiger partial charge in [-0.25, -0.2) is 9.78 Å². The van der Waals surface area contributed by atoms with Crippen molar-refractivity contribution in [1.82, 2.24) is 15.6 Å². The molecule has 0 spiro atoms. The van der Waals surface area contributed by atoms with E-state index in [1.165, 1.54) is 6.07 Å². The third-order valence-corrected chi connectivity index (χ3v) is 3.67. The molecule has 0 saturated heterocycles. The van der Waals surface area contributed by atoms with E-state index >= 15 is 0 Å². The summed E-state index contributed by atoms with van der Waals surface area (Å²) in [4.78, 5) is 27.4. The fraction of sp³-hybridized carbons (Fsp3) is 0.357. The summed E-state index contributed by atoms with van der Waals surface area (Å²) in [5, 5.41) is 22.3. The van der Waals surface area contributed by atoms with E-state index in [0.29, 0.717) is 0 Å². The summed E-state index contributed by atoms with van der Waals surface area (Å²) >= 11 is 0.982. The number of hydrogen-bond acceptors (Lipinski definition) is 7. The van der Waals surface area contributed by atoms with E-state index in [4.69, 9.17) is 16.3 Å². The third kappa shape index (κ3) is 5.16. The molecule has 0 radical (unpaired) electrons. The number of carbonyl (C=O) groups excluding carboxylic acids is 2. The number of amides is 3. The Morgan fingerprint density at radius 2 is 1.87 bits per heavy atom. The van der Waals surface area contributed by atoms with E-state index in [9.17, 15) is 9.59 Å². The number of urea groups is 1. The zero-order valence-electron chi connectivity index (χ0n) is 12.9. The van der Waals surface area contributed by atoms with Gasteiger partial charge in [-0.15, -0.1) is 0 Å². The first kappa shape index (κ1) is 18.3. The van der Waals surface area contributed by atoms with Crippen LogP contribution in [0.2, 0.25) is 0 Å². The Morgan fingerprint density at radius 1 is 1.26 bits per heavy atom. The molecule has 1 aromatic heterocycles. The SMILES string of the molecule is CC(C)NC(=O)NC(=O)[C@H](C)Sc1nc(N)c(C#N)cc1C#N. The largest absolute Gasteiger partial charge is 0.383 e. The molecule has 0 fully saturated rings. The molecule has 3 amide bonds. The Balaban J connectivity index is 2.85. The topological polar surface area (TPSA) is 145 Å². The first-order valence-corrected chi connectivity index (χ1v) is 7.55. The van der Waals surface area contributed by atoms with Gasteiger partial charge in [0.1, 0.15) is 23.0 Å². The fourth-order valence-corrected chi connectivity index (χ4v) is 2.39. The molecule has 120 valence electrons. The molecular formula is C14H16N6O2S. The third-order valence-electron chi connectivity index (χ3n) is 2.57. The number of thioether (sulfide) groups is 1. The van der Waals surface area contributed by atoms with Gasteiger partial charge in [-0.05, 0) is 26.8 Å². The lowest BCUT2D eigenvalue weighted by molar-refractivity contribution is -0.119. The quantitative estimate of drug-likeness (QED) is 0.700. The van der Waals surface area contributed by atoms with Crippen LogP contribution in [0.5, 0.6) is 0 Å². The van der Waals surface area contributed by atoms with E-state index in [0.717, 1.165) is 11.8 Å². The summed E-state index contributed by atoms with van der Waals surface area (Å²) in [6.07, 6.45) is 0. The number of imide groups is 1. The van der Waals surface area contributed by atoms with Crippen molar-refractivity contribution in [3.05, 3.63) is 17.2 Å². The monoisotopic (exact) mass is 332 g/mol. The molecule has 1 atom stereocenters. The van der Waals surface area contributed by atoms with Crippen molar-refractivity contribution in [3.8, 4) is 12.1 Å². The van der Waals surface area contributed by atoms with E-state index < -0.39 is 17.2 Å². The number of anilines is 1. The number of nitrogen functional groups attached to an aromatic ring is 1. The van der Waals surface area contributed by atoms with Gasteiger partial charge < -0.3 is 11.1 Å². The molecule has 0 unspecified atom stereocenters. The molecule has 0 bridgehead atoms. The van der Waals surface area contributed by atoms with Crippen molar-refractivity contribution in [2.24, 2.45) is 0 Å². The number of pyridine rings is 1. The number of nitriles is 2. The number of nitrogens with two attached hydrogens (primary N) is 1. The molecule has 0 aliphatic rings. The molecule has 23 heavy (non-hydrogen) atoms. The smallest absolute Gasteiger partial charge is 0.321 e. The van der Waals surface area contributed by atoms with Crippen molar-refractivity contribution in [2.75, 3.05) is 5.73 Å². The maximum Gasteiger partial charge on any atom is 0.321 e. The lowest BCUT2D eigenvalue weighted by atomic mass is 10.2. The van der Waals surface area contributed by atoms with Gasteiger partial charge in [-0.1, -0.05) is 11.8 Å². The van der Waals surface area contributed by atoms with E-state index in [1.54, 1.807) is 20.8 Å². The molecule has 0 aliphatic carbocycles. The number of hydrogen-bond donors (Lipinski definition) is 3. The highest BCUT2D eigenvalue weighted by atomic mass is 32.2. The van der Waals surface area contributed by atoms with Crippen LogP contribution in [0, 0.1) is 22.7 Å². The molecule has 4 N–H and O–H groups in total. The maximum absolute atomic E-state index is 12.0. The number of nitrogens with one attached hydrogen (secondary N) is 2. The minimum atomic E-state index is -0.681. The second kappa shape index (κ2) is 8.01. The summed E-state index contributed by atoms with van der Waals surface area (Å²) in [6, 6.07) is 4.37. The normalized spacial score (nSPS) is 11.2. The van der Waals surface area contributed by atoms with Crippen LogP contribution in [-0.2, 0) is 4.79 Å². The second-order valence-electron chi connectivity index (χ2n) is 4.87. The molecule has 8 nitrogen and oxygen atoms in total. The van der Waals surface area contributed by atoms with Crippen LogP contribution in [0.25, 0.3) is 0 Å². The van der Waals surface area contributed by atoms with E-state index in [-0.39, 0.29) is 28.0 Å². The highest BCUT2D eigenvalue weighted by Gasteiger charge is 2.20. The summed E-state index contributed by atoms with van der Waals surface area (Å²) in [5.74, 6) is -0.541. The number of nitrogens with zero attached hydrogens (tertiary/aromatic N) is 3. The lowest BCUT2D eigenvalue weighted by Crippen LogP contribution is -2.45. The molecule has 1 aromatic rings. The van der Waals surface area contributed by atoms with E-state index in [2.05, 4.69) is 15.6 Å². The van der Waals surface area contributed by atoms with Gasteiger partial charge in [0.2, 0.25) is 5.91 Å². The molecule has 9 heteroatoms. The Kier molecular flexibility index (Phi) is 6.36. The predicted molar refractivity (Wildman–Crippen MR) is 85.2 cm³/mol. The molecule has 0 aliphatic heterocycles. The standard InChI is InChI=1S/C14H16N6O2S/c1-7(2)18-14(22)20-12(21)8(3)23-13-10(6-16)4-9(5-15)11(17)19-13/h4,7-8H,1-3H3,(H2,17,19)(H2,18,20,21,22)/t8-/m0/s1. The number of aromatic nitrogens is 1. The van der Waals surface area contributed by atoms with Crippen LogP contribution in [0.3, 0.4) is 0 Å². The van der Waals surface area contributed by atoms with Crippen LogP contribution in [0.15, 0.2) is 11.1 Å². The van der Waals surface area contributed by atoms with E-state index in [1.807, 2.05) is 12.1 Å². The summed E-state index contributed by atoms with van der Waals surface area (Å²) in [7, 11) is 0. The second-order valence-corrected chi connectivity index (χ2v) is 6.20. The Bertz CT molecular complexity index is 704. The average Bonchev–Trinajstić information content (AvgIpc) is 2.46. The molecule has 1 heterocycles. The van der Waals surface area contributed by atoms with Gasteiger partial charge in [0, 0.05) is 6.04 Å². The van der Waals surface area contributed by atoms with Gasteiger partial charge in [0.25, 0.3) is 0 Å². The van der Waals surface area contributed by atoms with Gasteiger partial charge in [0.15, 0.2) is 0 Å². The fourth-order valence-electron chi connectivity index (χ4n) is 1.50. The van der Waals surface area contributed by atoms with Crippen molar-refractivity contribution < 1.29 is 9.59 Å². The minimum Gasteiger partial charge on any atom is -0.383 e. The Hall–Kier alpha value is -2.78. The molecule has 1 rings (SSSR count). The lowest BCUT2D eigenvalue weighted by Gasteiger charge is -2.13. The minimum absolute atomic E-state index is 0.0147. The Morgan fingerprint density at radius 3 is 2.39 bits per heavy atom. The van der Waals surface area contributed by atoms with Crippen LogP contribution < -0.4 is 16.4 Å². The van der Waals surface area contributed by atoms with Crippen molar-refractivity contribution >= 4 is 29.5 Å². The number of carbonyl (C=O) groups is 2. The van der Waals surface area contributed by atoms with Crippen LogP contribution >= 0.6 is 11.8 Å². The number of rotatable bonds is 4. The highest BCUT2D eigenvalue weighted by Crippen LogP contribution is 2.27. The van der Waals surface area contributed by atoms with Crippen LogP contribution in [0.1, 0.15) is 31.9 Å². The molecule has 0 saturated carbocycles. The maximum atomic E-state index is 12.0. The van der Waals surface area contributed by atoms with Crippen molar-refractivity contribution in [2.45, 2.75) is 37.1 Å². The summed E-state index contributed by atoms with van der Waals surface area (Å²) < 4.78 is 0. The molecular weight excluding hydrogens is 316 g/mol. The van der Waals surface area contributed by atoms with Crippen molar-refractivity contribution in [3.63, 3.8) is 0 Å². The zero-order chi connectivity index (χ0) is 17.6. The van der Waals surface area contributed by atoms with Gasteiger partial charge in [-0.3, -0.25) is 10.1 Å². The van der Waals surface area contributed by atoms with Gasteiger partial charge >= 0.3 is 6.03 Å². The van der Waals surface area contributed by atoms with Crippen LogP contribution in [0.4, 0.5) is 10.6 Å². The van der Waals surface area contributed by atoms with Gasteiger partial charge in [-0.2, -0.15) is 10.5 Å². The highest BCUT2D eigenvalue weighted by molar-refractivity contribution is 8.00. The summed E-state index contributed by atoms with van der Waals surface area (Å²) in [5.41, 5.74) is 5.86. The first-order chi connectivity index (χ1) is 10.8. The average molecular weight is 332 g/mol. The van der Waals surface area contributed by atoms with Gasteiger partial charge in [0.05, 0.1) is 16.4 Å². The van der Waals surface area contributed by atoms with Crippen LogP contribution in [-0.4, -0.2) is 28.2 Å². The predicted octanol–water partition coefficient (Wildman–Crippen LogP) is 1.12. The summed E-state index contributed by atoms with van der Waals surface area (Å²) in [6.45, 7) is 5.11. The molecule has 0 aromatic carbocycles. The Labute approximate surface area is 138 Å². The first-order valence-electron chi connectivity index (χ1n) is 6.67.